The van der Waals surface area contributed by atoms with Crippen LogP contribution in [0.5, 0.6) is 0 Å². The van der Waals surface area contributed by atoms with Gasteiger partial charge in [-0.1, -0.05) is 0 Å². The minimum atomic E-state index is -3.79. The third kappa shape index (κ3) is 3.11. The summed E-state index contributed by atoms with van der Waals surface area (Å²) in [5.41, 5.74) is 0. The van der Waals surface area contributed by atoms with Gasteiger partial charge in [-0.05, 0) is 32.1 Å². The standard InChI is InChI=1S/C12H19N3O4S/c13-7-3-9-14(10-5-6-10)20(18,19)15-8-2-1-4-11(15)12(16)17/h10-11H,1-6,8-9H2,(H,16,17). The fraction of sp³-hybridized carbons (Fsp3) is 0.833. The second-order valence-electron chi connectivity index (χ2n) is 5.22. The lowest BCUT2D eigenvalue weighted by atomic mass is 10.1. The lowest BCUT2D eigenvalue weighted by molar-refractivity contribution is -0.142. The highest BCUT2D eigenvalue weighted by Crippen LogP contribution is 2.32. The Hall–Kier alpha value is -1.17. The second kappa shape index (κ2) is 6.08. The molecule has 112 valence electrons. The molecule has 0 aromatic heterocycles. The molecule has 1 heterocycles. The number of nitrogens with zero attached hydrogens (tertiary/aromatic N) is 3. The summed E-state index contributed by atoms with van der Waals surface area (Å²) in [6.07, 6.45) is 3.46. The van der Waals surface area contributed by atoms with Crippen LogP contribution in [0.15, 0.2) is 0 Å². The molecule has 7 nitrogen and oxygen atoms in total. The highest BCUT2D eigenvalue weighted by atomic mass is 32.2. The third-order valence-corrected chi connectivity index (χ3v) is 5.83. The van der Waals surface area contributed by atoms with E-state index in [4.69, 9.17) is 5.26 Å². The first-order valence-electron chi connectivity index (χ1n) is 6.87. The molecule has 8 heteroatoms. The number of piperidine rings is 1. The van der Waals surface area contributed by atoms with Gasteiger partial charge in [-0.2, -0.15) is 22.3 Å². The van der Waals surface area contributed by atoms with Crippen molar-refractivity contribution in [3.05, 3.63) is 0 Å². The number of carbonyl (C=O) groups is 1. The van der Waals surface area contributed by atoms with Crippen molar-refractivity contribution >= 4 is 16.2 Å². The fourth-order valence-electron chi connectivity index (χ4n) is 2.57. The molecule has 2 fully saturated rings. The van der Waals surface area contributed by atoms with Crippen molar-refractivity contribution in [1.29, 1.82) is 5.26 Å². The lowest BCUT2D eigenvalue weighted by Crippen LogP contribution is -2.54. The minimum absolute atomic E-state index is 0.0651. The molecule has 0 aromatic rings. The van der Waals surface area contributed by atoms with E-state index in [0.29, 0.717) is 12.8 Å². The number of rotatable bonds is 6. The number of hydrogen-bond donors (Lipinski definition) is 1. The molecule has 2 aliphatic rings. The van der Waals surface area contributed by atoms with Crippen molar-refractivity contribution in [1.82, 2.24) is 8.61 Å². The Morgan fingerprint density at radius 3 is 2.60 bits per heavy atom. The molecule has 1 atom stereocenters. The molecular formula is C12H19N3O4S. The van der Waals surface area contributed by atoms with E-state index in [0.717, 1.165) is 23.6 Å². The van der Waals surface area contributed by atoms with Gasteiger partial charge in [-0.25, -0.2) is 0 Å². The first-order valence-corrected chi connectivity index (χ1v) is 8.26. The Labute approximate surface area is 119 Å². The maximum atomic E-state index is 12.7. The molecule has 1 N–H and O–H groups in total. The lowest BCUT2D eigenvalue weighted by Gasteiger charge is -2.35. The number of carboxylic acid groups (broad SMARTS) is 1. The van der Waals surface area contributed by atoms with Crippen LogP contribution < -0.4 is 0 Å². The topological polar surface area (TPSA) is 102 Å². The van der Waals surface area contributed by atoms with E-state index in [1.54, 1.807) is 0 Å². The molecule has 0 aromatic carbocycles. The Bertz CT molecular complexity index is 509. The van der Waals surface area contributed by atoms with Crippen molar-refractivity contribution < 1.29 is 18.3 Å². The second-order valence-corrected chi connectivity index (χ2v) is 7.05. The van der Waals surface area contributed by atoms with Crippen LogP contribution in [-0.2, 0) is 15.0 Å². The number of nitriles is 1. The summed E-state index contributed by atoms with van der Waals surface area (Å²) in [7, 11) is -3.79. The zero-order valence-electron chi connectivity index (χ0n) is 11.2. The molecule has 2 rings (SSSR count). The fourth-order valence-corrected chi connectivity index (χ4v) is 4.63. The van der Waals surface area contributed by atoms with Gasteiger partial charge in [0, 0.05) is 25.6 Å². The minimum Gasteiger partial charge on any atom is -0.480 e. The van der Waals surface area contributed by atoms with Crippen molar-refractivity contribution in [2.75, 3.05) is 13.1 Å². The smallest absolute Gasteiger partial charge is 0.322 e. The predicted molar refractivity (Wildman–Crippen MR) is 70.9 cm³/mol. The summed E-state index contributed by atoms with van der Waals surface area (Å²) in [5, 5.41) is 17.9. The van der Waals surface area contributed by atoms with Crippen LogP contribution in [0.1, 0.15) is 38.5 Å². The molecule has 20 heavy (non-hydrogen) atoms. The molecule has 1 saturated heterocycles. The Kier molecular flexibility index (Phi) is 4.62. The van der Waals surface area contributed by atoms with Crippen LogP contribution in [0.2, 0.25) is 0 Å². The average molecular weight is 301 g/mol. The number of hydrogen-bond acceptors (Lipinski definition) is 4. The maximum Gasteiger partial charge on any atom is 0.322 e. The molecule has 0 amide bonds. The van der Waals surface area contributed by atoms with Gasteiger partial charge in [0.15, 0.2) is 0 Å². The Morgan fingerprint density at radius 2 is 2.05 bits per heavy atom. The third-order valence-electron chi connectivity index (χ3n) is 3.73. The number of aliphatic carboxylic acids is 1. The molecule has 0 spiro atoms. The van der Waals surface area contributed by atoms with Crippen LogP contribution in [0.4, 0.5) is 0 Å². The quantitative estimate of drug-likeness (QED) is 0.772. The van der Waals surface area contributed by atoms with Gasteiger partial charge >= 0.3 is 5.97 Å². The zero-order chi connectivity index (χ0) is 14.8. The SMILES string of the molecule is N#CCCN(C1CC1)S(=O)(=O)N1CCCCC1C(=O)O. The summed E-state index contributed by atoms with van der Waals surface area (Å²) in [4.78, 5) is 11.3. The van der Waals surface area contributed by atoms with Crippen LogP contribution >= 0.6 is 0 Å². The van der Waals surface area contributed by atoms with E-state index in [1.807, 2.05) is 6.07 Å². The van der Waals surface area contributed by atoms with Crippen LogP contribution in [0.3, 0.4) is 0 Å². The highest BCUT2D eigenvalue weighted by Gasteiger charge is 2.44. The van der Waals surface area contributed by atoms with Gasteiger partial charge in [0.2, 0.25) is 0 Å². The first-order chi connectivity index (χ1) is 9.48. The van der Waals surface area contributed by atoms with E-state index in [-0.39, 0.29) is 25.6 Å². The van der Waals surface area contributed by atoms with Crippen molar-refractivity contribution in [2.24, 2.45) is 0 Å². The first kappa shape index (κ1) is 15.2. The van der Waals surface area contributed by atoms with Gasteiger partial charge in [-0.3, -0.25) is 4.79 Å². The Morgan fingerprint density at radius 1 is 1.35 bits per heavy atom. The van der Waals surface area contributed by atoms with Gasteiger partial charge in [-0.15, -0.1) is 0 Å². The van der Waals surface area contributed by atoms with E-state index in [1.165, 1.54) is 4.31 Å². The molecule has 0 radical (unpaired) electrons. The summed E-state index contributed by atoms with van der Waals surface area (Å²) in [6.45, 7) is 0.390. The van der Waals surface area contributed by atoms with Crippen molar-refractivity contribution in [3.8, 4) is 6.07 Å². The summed E-state index contributed by atoms with van der Waals surface area (Å²) >= 11 is 0. The van der Waals surface area contributed by atoms with Crippen LogP contribution in [0, 0.1) is 11.3 Å². The van der Waals surface area contributed by atoms with Gasteiger partial charge in [0.25, 0.3) is 10.2 Å². The number of carboxylic acids is 1. The largest absolute Gasteiger partial charge is 0.480 e. The molecule has 1 aliphatic heterocycles. The maximum absolute atomic E-state index is 12.7. The zero-order valence-corrected chi connectivity index (χ0v) is 12.0. The average Bonchev–Trinajstić information content (AvgIpc) is 3.23. The van der Waals surface area contributed by atoms with Crippen molar-refractivity contribution in [2.45, 2.75) is 50.6 Å². The summed E-state index contributed by atoms with van der Waals surface area (Å²) in [5.74, 6) is -1.09. The predicted octanol–water partition coefficient (Wildman–Crippen LogP) is 0.548. The molecule has 1 aliphatic carbocycles. The molecular weight excluding hydrogens is 282 g/mol. The summed E-state index contributed by atoms with van der Waals surface area (Å²) in [6, 6.07) is 0.909. The molecule has 1 unspecified atom stereocenters. The van der Waals surface area contributed by atoms with E-state index >= 15 is 0 Å². The molecule has 1 saturated carbocycles. The normalized spacial score (nSPS) is 24.5. The van der Waals surface area contributed by atoms with Crippen molar-refractivity contribution in [3.63, 3.8) is 0 Å². The van der Waals surface area contributed by atoms with Crippen LogP contribution in [0.25, 0.3) is 0 Å². The van der Waals surface area contributed by atoms with E-state index in [9.17, 15) is 18.3 Å². The highest BCUT2D eigenvalue weighted by molar-refractivity contribution is 7.86. The monoisotopic (exact) mass is 301 g/mol. The van der Waals surface area contributed by atoms with Crippen LogP contribution in [-0.4, -0.2) is 53.3 Å². The van der Waals surface area contributed by atoms with E-state index < -0.39 is 22.2 Å². The molecule has 0 bridgehead atoms. The van der Waals surface area contributed by atoms with Gasteiger partial charge in [0.05, 0.1) is 6.07 Å². The summed E-state index contributed by atoms with van der Waals surface area (Å²) < 4.78 is 27.8. The van der Waals surface area contributed by atoms with E-state index in [2.05, 4.69) is 0 Å². The Balaban J connectivity index is 2.21. The van der Waals surface area contributed by atoms with Gasteiger partial charge < -0.3 is 5.11 Å². The van der Waals surface area contributed by atoms with Gasteiger partial charge in [0.1, 0.15) is 6.04 Å².